The van der Waals surface area contributed by atoms with E-state index in [2.05, 4.69) is 46.3 Å². The molecule has 0 N–H and O–H groups in total. The van der Waals surface area contributed by atoms with Crippen molar-refractivity contribution in [2.45, 2.75) is 63.8 Å². The Kier molecular flexibility index (Phi) is 11.1. The highest BCUT2D eigenvalue weighted by Crippen LogP contribution is 2.52. The molecule has 3 nitrogen and oxygen atoms in total. The van der Waals surface area contributed by atoms with Crippen LogP contribution in [0.3, 0.4) is 0 Å². The van der Waals surface area contributed by atoms with E-state index in [1.165, 1.54) is 5.57 Å². The number of alkyl halides is 4. The lowest BCUT2D eigenvalue weighted by Crippen LogP contribution is -2.49. The SMILES string of the molecule is Cc1cc(OCc2ccc(C3=CCC=CC=C3)cc2)ccc1CN(CC(F)(F)F)C(=O)C1(CCCCCBr)c2ccccc2-c2ccccc21. The molecular weight excluding hydrogens is 699 g/mol. The van der Waals surface area contributed by atoms with E-state index in [9.17, 15) is 18.0 Å². The van der Waals surface area contributed by atoms with Crippen LogP contribution < -0.4 is 4.74 Å². The van der Waals surface area contributed by atoms with Gasteiger partial charge in [0.25, 0.3) is 0 Å². The second-order valence-electron chi connectivity index (χ2n) is 13.0. The van der Waals surface area contributed by atoms with Gasteiger partial charge in [0.05, 0.1) is 0 Å². The van der Waals surface area contributed by atoms with Crippen LogP contribution in [0.5, 0.6) is 5.75 Å². The number of amides is 1. The molecule has 50 heavy (non-hydrogen) atoms. The standard InChI is InChI=1S/C43H41BrF3NO2/c1-31-27-36(50-29-32-19-21-34(22-20-32)33-13-5-2-3-6-14-33)24-23-35(31)28-48(30-43(45,46)47)41(49)42(25-11-4-12-26-44)39-17-9-7-15-37(39)38-16-8-10-18-40(38)42/h2-3,5,7-10,13-24,27H,4,6,11-12,25-26,28-30H2,1H3. The van der Waals surface area contributed by atoms with E-state index in [4.69, 9.17) is 4.74 Å². The van der Waals surface area contributed by atoms with E-state index < -0.39 is 24.0 Å². The van der Waals surface area contributed by atoms with Crippen molar-refractivity contribution in [3.63, 3.8) is 0 Å². The van der Waals surface area contributed by atoms with E-state index >= 15 is 0 Å². The maximum atomic E-state index is 14.9. The number of hydrogen-bond acceptors (Lipinski definition) is 2. The lowest BCUT2D eigenvalue weighted by Gasteiger charge is -2.37. The summed E-state index contributed by atoms with van der Waals surface area (Å²) in [5.41, 5.74) is 6.90. The molecule has 0 atom stereocenters. The molecule has 4 aromatic rings. The molecule has 2 aliphatic rings. The zero-order chi connectivity index (χ0) is 35.1. The van der Waals surface area contributed by atoms with E-state index in [0.717, 1.165) is 68.4 Å². The molecule has 4 aromatic carbocycles. The predicted octanol–water partition coefficient (Wildman–Crippen LogP) is 11.3. The van der Waals surface area contributed by atoms with Gasteiger partial charge in [0.15, 0.2) is 0 Å². The molecule has 1 amide bonds. The fraction of sp³-hybridized carbons (Fsp3) is 0.279. The van der Waals surface area contributed by atoms with Crippen LogP contribution >= 0.6 is 15.9 Å². The summed E-state index contributed by atoms with van der Waals surface area (Å²) in [6.07, 6.45) is 9.73. The molecule has 0 heterocycles. The Bertz CT molecular complexity index is 1860. The lowest BCUT2D eigenvalue weighted by atomic mass is 9.72. The summed E-state index contributed by atoms with van der Waals surface area (Å²) >= 11 is 3.49. The third-order valence-corrected chi connectivity index (χ3v) is 10.2. The number of fused-ring (bicyclic) bond motifs is 3. The zero-order valence-electron chi connectivity index (χ0n) is 28.2. The van der Waals surface area contributed by atoms with Crippen LogP contribution in [0.15, 0.2) is 121 Å². The second-order valence-corrected chi connectivity index (χ2v) is 13.8. The normalized spacial score (nSPS) is 14.5. The van der Waals surface area contributed by atoms with Crippen molar-refractivity contribution in [3.05, 3.63) is 155 Å². The minimum Gasteiger partial charge on any atom is -0.489 e. The highest BCUT2D eigenvalue weighted by molar-refractivity contribution is 9.09. The Morgan fingerprint density at radius 2 is 1.58 bits per heavy atom. The number of unbranched alkanes of at least 4 members (excludes halogenated alkanes) is 2. The Hall–Kier alpha value is -4.36. The first-order valence-corrected chi connectivity index (χ1v) is 18.3. The summed E-state index contributed by atoms with van der Waals surface area (Å²) in [5, 5.41) is 0.834. The van der Waals surface area contributed by atoms with Crippen LogP contribution in [-0.2, 0) is 23.4 Å². The Morgan fingerprint density at radius 1 is 0.880 bits per heavy atom. The molecule has 7 heteroatoms. The van der Waals surface area contributed by atoms with Crippen molar-refractivity contribution in [3.8, 4) is 16.9 Å². The number of aryl methyl sites for hydroxylation is 1. The second kappa shape index (κ2) is 15.7. The van der Waals surface area contributed by atoms with Crippen molar-refractivity contribution in [2.75, 3.05) is 11.9 Å². The topological polar surface area (TPSA) is 29.5 Å². The number of nitrogens with zero attached hydrogens (tertiary/aromatic N) is 1. The van der Waals surface area contributed by atoms with Gasteiger partial charge in [-0.2, -0.15) is 13.2 Å². The summed E-state index contributed by atoms with van der Waals surface area (Å²) < 4.78 is 48.9. The van der Waals surface area contributed by atoms with Crippen LogP contribution in [0.4, 0.5) is 13.2 Å². The average molecular weight is 741 g/mol. The molecular formula is C43H41BrF3NO2. The van der Waals surface area contributed by atoms with Crippen molar-refractivity contribution in [2.24, 2.45) is 0 Å². The fourth-order valence-electron chi connectivity index (χ4n) is 7.17. The van der Waals surface area contributed by atoms with Gasteiger partial charge in [-0.1, -0.05) is 138 Å². The van der Waals surface area contributed by atoms with Gasteiger partial charge in [0.2, 0.25) is 5.91 Å². The molecule has 0 radical (unpaired) electrons. The monoisotopic (exact) mass is 739 g/mol. The summed E-state index contributed by atoms with van der Waals surface area (Å²) in [5.74, 6) is 0.104. The number of halogens is 4. The van der Waals surface area contributed by atoms with Crippen molar-refractivity contribution in [1.29, 1.82) is 0 Å². The zero-order valence-corrected chi connectivity index (χ0v) is 29.8. The number of ether oxygens (including phenoxy) is 1. The summed E-state index contributed by atoms with van der Waals surface area (Å²) in [6, 6.07) is 29.0. The molecule has 0 saturated heterocycles. The number of carbonyl (C=O) groups excluding carboxylic acids is 1. The number of allylic oxidation sites excluding steroid dienone is 6. The first-order valence-electron chi connectivity index (χ1n) is 17.2. The summed E-state index contributed by atoms with van der Waals surface area (Å²) in [6.45, 7) is 0.701. The molecule has 258 valence electrons. The molecule has 6 rings (SSSR count). The first-order chi connectivity index (χ1) is 24.2. The van der Waals surface area contributed by atoms with Crippen LogP contribution in [0.1, 0.15) is 65.5 Å². The molecule has 2 aliphatic carbocycles. The predicted molar refractivity (Wildman–Crippen MR) is 199 cm³/mol. The molecule has 0 unspecified atom stereocenters. The van der Waals surface area contributed by atoms with Crippen molar-refractivity contribution >= 4 is 27.4 Å². The third kappa shape index (κ3) is 7.83. The van der Waals surface area contributed by atoms with E-state index in [-0.39, 0.29) is 6.54 Å². The maximum Gasteiger partial charge on any atom is 0.406 e. The van der Waals surface area contributed by atoms with Crippen LogP contribution in [0.2, 0.25) is 0 Å². The Balaban J connectivity index is 1.24. The van der Waals surface area contributed by atoms with E-state index in [0.29, 0.717) is 30.8 Å². The van der Waals surface area contributed by atoms with Gasteiger partial charge in [-0.15, -0.1) is 0 Å². The molecule has 0 saturated carbocycles. The number of benzene rings is 4. The minimum absolute atomic E-state index is 0.167. The molecule has 0 aromatic heterocycles. The van der Waals surface area contributed by atoms with E-state index in [1.807, 2.05) is 85.8 Å². The molecule has 0 fully saturated rings. The molecule has 0 spiro atoms. The Labute approximate surface area is 301 Å². The van der Waals surface area contributed by atoms with Gasteiger partial charge in [-0.25, -0.2) is 0 Å². The van der Waals surface area contributed by atoms with Crippen LogP contribution in [0.25, 0.3) is 16.7 Å². The average Bonchev–Trinajstić information content (AvgIpc) is 3.23. The van der Waals surface area contributed by atoms with Crippen molar-refractivity contribution < 1.29 is 22.7 Å². The van der Waals surface area contributed by atoms with Gasteiger partial charge in [-0.3, -0.25) is 4.79 Å². The van der Waals surface area contributed by atoms with Gasteiger partial charge in [0.1, 0.15) is 24.3 Å². The summed E-state index contributed by atoms with van der Waals surface area (Å²) in [7, 11) is 0. The Morgan fingerprint density at radius 3 is 2.24 bits per heavy atom. The van der Waals surface area contributed by atoms with Gasteiger partial charge < -0.3 is 9.64 Å². The number of carbonyl (C=O) groups is 1. The van der Waals surface area contributed by atoms with Gasteiger partial charge in [-0.05, 0) is 88.4 Å². The smallest absolute Gasteiger partial charge is 0.406 e. The van der Waals surface area contributed by atoms with Crippen LogP contribution in [0, 0.1) is 6.92 Å². The van der Waals surface area contributed by atoms with Gasteiger partial charge >= 0.3 is 6.18 Å². The highest BCUT2D eigenvalue weighted by Gasteiger charge is 2.51. The van der Waals surface area contributed by atoms with Gasteiger partial charge in [0, 0.05) is 11.9 Å². The first kappa shape index (κ1) is 35.5. The maximum absolute atomic E-state index is 14.9. The van der Waals surface area contributed by atoms with Crippen LogP contribution in [-0.4, -0.2) is 28.9 Å². The number of hydrogen-bond donors (Lipinski definition) is 0. The quantitative estimate of drug-likeness (QED) is 0.101. The van der Waals surface area contributed by atoms with E-state index in [1.54, 1.807) is 12.1 Å². The third-order valence-electron chi connectivity index (χ3n) is 9.64. The van der Waals surface area contributed by atoms with Crippen molar-refractivity contribution in [1.82, 2.24) is 4.90 Å². The lowest BCUT2D eigenvalue weighted by molar-refractivity contribution is -0.165. The molecule has 0 bridgehead atoms. The minimum atomic E-state index is -4.57. The molecule has 0 aliphatic heterocycles. The largest absolute Gasteiger partial charge is 0.489 e. The summed E-state index contributed by atoms with van der Waals surface area (Å²) in [4.78, 5) is 15.9. The highest BCUT2D eigenvalue weighted by atomic mass is 79.9. The fourth-order valence-corrected chi connectivity index (χ4v) is 7.57. The number of rotatable bonds is 13.